The minimum absolute atomic E-state index is 0.103. The van der Waals surface area contributed by atoms with Crippen LogP contribution >= 0.6 is 24.4 Å². The van der Waals surface area contributed by atoms with Crippen LogP contribution in [0.3, 0.4) is 0 Å². The second kappa shape index (κ2) is 8.98. The summed E-state index contributed by atoms with van der Waals surface area (Å²) in [7, 11) is 1.63. The molecule has 0 saturated heterocycles. The molecule has 0 aliphatic carbocycles. The monoisotopic (exact) mass is 323 g/mol. The van der Waals surface area contributed by atoms with Gasteiger partial charge in [0.15, 0.2) is 5.11 Å². The Labute approximate surface area is 134 Å². The number of methoxy groups -OCH3 is 1. The third-order valence-electron chi connectivity index (χ3n) is 2.31. The lowest BCUT2D eigenvalue weighted by atomic mass is 10.1. The normalized spacial score (nSPS) is 11.2. The van der Waals surface area contributed by atoms with E-state index in [9.17, 15) is 0 Å². The Morgan fingerprint density at radius 1 is 1.29 bits per heavy atom. The minimum Gasteiger partial charge on any atom is -0.497 e. The Kier molecular flexibility index (Phi) is 7.27. The predicted octanol–water partition coefficient (Wildman–Crippen LogP) is 1.35. The van der Waals surface area contributed by atoms with Crippen molar-refractivity contribution in [2.75, 3.05) is 7.11 Å². The molecule has 1 aromatic rings. The van der Waals surface area contributed by atoms with Crippen LogP contribution in [0.4, 0.5) is 0 Å². The van der Waals surface area contributed by atoms with Crippen molar-refractivity contribution in [3.8, 4) is 5.75 Å². The first-order chi connectivity index (χ1) is 10.0. The first-order valence-electron chi connectivity index (χ1n) is 6.06. The van der Waals surface area contributed by atoms with Crippen LogP contribution in [0.25, 0.3) is 0 Å². The summed E-state index contributed by atoms with van der Waals surface area (Å²) < 4.78 is 5.10. The van der Waals surface area contributed by atoms with Crippen LogP contribution in [0.1, 0.15) is 12.5 Å². The fourth-order valence-corrected chi connectivity index (χ4v) is 1.60. The van der Waals surface area contributed by atoms with Crippen molar-refractivity contribution in [3.05, 3.63) is 29.8 Å². The summed E-state index contributed by atoms with van der Waals surface area (Å²) in [5.74, 6) is 0.813. The molecule has 1 rings (SSSR count). The lowest BCUT2D eigenvalue weighted by Crippen LogP contribution is -2.25. The van der Waals surface area contributed by atoms with Crippen LogP contribution < -0.4 is 21.3 Å². The number of rotatable bonds is 6. The number of nitrogens with zero attached hydrogens (tertiary/aromatic N) is 2. The first-order valence-corrected chi connectivity index (χ1v) is 6.87. The summed E-state index contributed by atoms with van der Waals surface area (Å²) in [6.45, 7) is 1.75. The van der Waals surface area contributed by atoms with Crippen molar-refractivity contribution in [1.82, 2.24) is 10.9 Å². The standard InChI is InChI=1S/C13H17N5OS2/c1-9(16-18-13(14)21)8-15-17-12(20)7-10-3-5-11(19-2)6-4-10/h3-6,8H,7H2,1-2H3,(H,17,20)(H3,14,18,21)/b15-8-,16-9-. The van der Waals surface area contributed by atoms with Crippen LogP contribution in [0.5, 0.6) is 5.75 Å². The van der Waals surface area contributed by atoms with Crippen LogP contribution in [-0.4, -0.2) is 29.1 Å². The molecule has 6 nitrogen and oxygen atoms in total. The van der Waals surface area contributed by atoms with Gasteiger partial charge < -0.3 is 10.5 Å². The molecule has 0 radical (unpaired) electrons. The Morgan fingerprint density at radius 3 is 2.52 bits per heavy atom. The summed E-state index contributed by atoms with van der Waals surface area (Å²) in [5.41, 5.74) is 12.2. The van der Waals surface area contributed by atoms with Crippen molar-refractivity contribution in [2.24, 2.45) is 15.9 Å². The van der Waals surface area contributed by atoms with Crippen LogP contribution in [-0.2, 0) is 6.42 Å². The number of nitrogens with one attached hydrogen (secondary N) is 2. The topological polar surface area (TPSA) is 84.0 Å². The molecule has 0 fully saturated rings. The molecule has 0 aliphatic heterocycles. The van der Waals surface area contributed by atoms with E-state index in [-0.39, 0.29) is 5.11 Å². The first kappa shape index (κ1) is 17.0. The lowest BCUT2D eigenvalue weighted by Gasteiger charge is -2.04. The third kappa shape index (κ3) is 7.33. The highest BCUT2D eigenvalue weighted by atomic mass is 32.1. The number of ether oxygens (including phenoxy) is 1. The molecular weight excluding hydrogens is 306 g/mol. The molecule has 0 atom stereocenters. The van der Waals surface area contributed by atoms with Crippen molar-refractivity contribution in [2.45, 2.75) is 13.3 Å². The average molecular weight is 323 g/mol. The van der Waals surface area contributed by atoms with Gasteiger partial charge in [-0.05, 0) is 36.8 Å². The zero-order chi connectivity index (χ0) is 15.7. The molecule has 112 valence electrons. The van der Waals surface area contributed by atoms with Crippen LogP contribution in [0.2, 0.25) is 0 Å². The van der Waals surface area contributed by atoms with Crippen LogP contribution in [0, 0.1) is 0 Å². The largest absolute Gasteiger partial charge is 0.497 e. The van der Waals surface area contributed by atoms with Gasteiger partial charge in [0.05, 0.1) is 19.0 Å². The number of hydrazone groups is 2. The maximum Gasteiger partial charge on any atom is 0.184 e. The number of hydrogen-bond donors (Lipinski definition) is 3. The van der Waals surface area contributed by atoms with Crippen molar-refractivity contribution >= 4 is 46.5 Å². The zero-order valence-electron chi connectivity index (χ0n) is 11.8. The van der Waals surface area contributed by atoms with Gasteiger partial charge in [0.25, 0.3) is 0 Å². The fourth-order valence-electron chi connectivity index (χ4n) is 1.34. The van der Waals surface area contributed by atoms with Gasteiger partial charge in [-0.3, -0.25) is 10.9 Å². The highest BCUT2D eigenvalue weighted by molar-refractivity contribution is 7.80. The molecule has 1 aromatic carbocycles. The molecule has 0 unspecified atom stereocenters. The second-order valence-corrected chi connectivity index (χ2v) is 4.98. The van der Waals surface area contributed by atoms with E-state index in [1.807, 2.05) is 24.3 Å². The van der Waals surface area contributed by atoms with E-state index in [2.05, 4.69) is 33.3 Å². The zero-order valence-corrected chi connectivity index (χ0v) is 13.4. The van der Waals surface area contributed by atoms with Gasteiger partial charge in [-0.2, -0.15) is 10.2 Å². The number of benzene rings is 1. The summed E-state index contributed by atoms with van der Waals surface area (Å²) in [6, 6.07) is 7.68. The summed E-state index contributed by atoms with van der Waals surface area (Å²) in [6.07, 6.45) is 2.11. The lowest BCUT2D eigenvalue weighted by molar-refractivity contribution is 0.414. The van der Waals surface area contributed by atoms with Gasteiger partial charge in [-0.1, -0.05) is 24.4 Å². The van der Waals surface area contributed by atoms with E-state index >= 15 is 0 Å². The molecule has 4 N–H and O–H groups in total. The summed E-state index contributed by atoms with van der Waals surface area (Å²) in [5, 5.41) is 7.96. The quantitative estimate of drug-likeness (QED) is 0.416. The SMILES string of the molecule is COc1ccc(CC(=S)N/N=C\C(C)=N/NC(N)=S)cc1. The number of hydrogen-bond acceptors (Lipinski definition) is 5. The van der Waals surface area contributed by atoms with Gasteiger partial charge in [-0.25, -0.2) is 0 Å². The van der Waals surface area contributed by atoms with Gasteiger partial charge in [0.2, 0.25) is 0 Å². The smallest absolute Gasteiger partial charge is 0.184 e. The Balaban J connectivity index is 2.42. The Morgan fingerprint density at radius 2 is 1.95 bits per heavy atom. The van der Waals surface area contributed by atoms with E-state index < -0.39 is 0 Å². The van der Waals surface area contributed by atoms with E-state index in [0.29, 0.717) is 17.1 Å². The minimum atomic E-state index is 0.103. The van der Waals surface area contributed by atoms with E-state index in [4.69, 9.17) is 22.7 Å². The molecular formula is C13H17N5OS2. The molecule has 0 aromatic heterocycles. The predicted molar refractivity (Wildman–Crippen MR) is 94.0 cm³/mol. The van der Waals surface area contributed by atoms with Gasteiger partial charge in [0.1, 0.15) is 10.7 Å². The van der Waals surface area contributed by atoms with E-state index in [0.717, 1.165) is 11.3 Å². The maximum absolute atomic E-state index is 5.25. The molecule has 0 saturated carbocycles. The average Bonchev–Trinajstić information content (AvgIpc) is 2.46. The van der Waals surface area contributed by atoms with E-state index in [1.54, 1.807) is 14.0 Å². The van der Waals surface area contributed by atoms with Gasteiger partial charge >= 0.3 is 0 Å². The number of nitrogens with two attached hydrogens (primary N) is 1. The third-order valence-corrected chi connectivity index (χ3v) is 2.63. The molecule has 8 heteroatoms. The van der Waals surface area contributed by atoms with Gasteiger partial charge in [-0.15, -0.1) is 0 Å². The molecule has 21 heavy (non-hydrogen) atoms. The molecule has 0 bridgehead atoms. The molecule has 0 amide bonds. The highest BCUT2D eigenvalue weighted by Crippen LogP contribution is 2.11. The Hall–Kier alpha value is -2.06. The molecule has 0 spiro atoms. The highest BCUT2D eigenvalue weighted by Gasteiger charge is 1.99. The molecule has 0 heterocycles. The van der Waals surface area contributed by atoms with Gasteiger partial charge in [0, 0.05) is 6.42 Å². The van der Waals surface area contributed by atoms with Crippen LogP contribution in [0.15, 0.2) is 34.5 Å². The van der Waals surface area contributed by atoms with E-state index in [1.165, 1.54) is 6.21 Å². The van der Waals surface area contributed by atoms with Crippen molar-refractivity contribution in [3.63, 3.8) is 0 Å². The van der Waals surface area contributed by atoms with Crippen molar-refractivity contribution in [1.29, 1.82) is 0 Å². The summed E-state index contributed by atoms with van der Waals surface area (Å²) in [4.78, 5) is 0.603. The Bertz CT molecular complexity index is 554. The fraction of sp³-hybridized carbons (Fsp3) is 0.231. The van der Waals surface area contributed by atoms with Crippen molar-refractivity contribution < 1.29 is 4.74 Å². The summed E-state index contributed by atoms with van der Waals surface area (Å²) >= 11 is 9.83. The second-order valence-electron chi connectivity index (χ2n) is 4.05. The molecule has 0 aliphatic rings. The maximum atomic E-state index is 5.25. The number of thiocarbonyl (C=S) groups is 2.